The molecule has 0 saturated carbocycles. The van der Waals surface area contributed by atoms with Crippen LogP contribution in [0.1, 0.15) is 19.4 Å². The fraction of sp³-hybridized carbons (Fsp3) is 0.350. The van der Waals surface area contributed by atoms with Gasteiger partial charge in [0.2, 0.25) is 5.91 Å². The van der Waals surface area contributed by atoms with Gasteiger partial charge in [0.05, 0.1) is 12.1 Å². The molecule has 0 spiro atoms. The molecule has 0 unspecified atom stereocenters. The monoisotopic (exact) mass is 342 g/mol. The average molecular weight is 342 g/mol. The zero-order valence-electron chi connectivity index (χ0n) is 15.0. The Bertz CT molecular complexity index is 664. The SMILES string of the molecule is CN(CC(=O)Nc1ccc(OCC(C)(C)O)cc1)Cc1ccccc1. The Kier molecular flexibility index (Phi) is 6.56. The van der Waals surface area contributed by atoms with Crippen LogP contribution in [0.15, 0.2) is 54.6 Å². The molecule has 2 N–H and O–H groups in total. The fourth-order valence-electron chi connectivity index (χ4n) is 2.29. The van der Waals surface area contributed by atoms with Crippen molar-refractivity contribution < 1.29 is 14.6 Å². The molecule has 25 heavy (non-hydrogen) atoms. The van der Waals surface area contributed by atoms with E-state index in [9.17, 15) is 9.90 Å². The van der Waals surface area contributed by atoms with Crippen molar-refractivity contribution in [1.29, 1.82) is 0 Å². The third-order valence-electron chi connectivity index (χ3n) is 3.44. The third kappa shape index (κ3) is 7.37. The molecule has 0 saturated heterocycles. The highest BCUT2D eigenvalue weighted by atomic mass is 16.5. The minimum atomic E-state index is -0.879. The lowest BCUT2D eigenvalue weighted by molar-refractivity contribution is -0.117. The second-order valence-corrected chi connectivity index (χ2v) is 6.83. The van der Waals surface area contributed by atoms with Crippen LogP contribution < -0.4 is 10.1 Å². The van der Waals surface area contributed by atoms with Gasteiger partial charge in [-0.05, 0) is 50.7 Å². The van der Waals surface area contributed by atoms with Crippen LogP contribution in [-0.2, 0) is 11.3 Å². The first-order valence-corrected chi connectivity index (χ1v) is 8.29. The number of rotatable bonds is 8. The molecule has 0 heterocycles. The van der Waals surface area contributed by atoms with Crippen LogP contribution in [0.4, 0.5) is 5.69 Å². The quantitative estimate of drug-likeness (QED) is 0.774. The lowest BCUT2D eigenvalue weighted by atomic mass is 10.2. The molecule has 0 fully saturated rings. The van der Waals surface area contributed by atoms with Crippen LogP contribution in [0.3, 0.4) is 0 Å². The Morgan fingerprint density at radius 1 is 1.12 bits per heavy atom. The van der Waals surface area contributed by atoms with Crippen molar-refractivity contribution in [2.24, 2.45) is 0 Å². The minimum Gasteiger partial charge on any atom is -0.491 e. The molecule has 134 valence electrons. The largest absolute Gasteiger partial charge is 0.491 e. The predicted molar refractivity (Wildman–Crippen MR) is 99.6 cm³/mol. The van der Waals surface area contributed by atoms with Crippen LogP contribution in [0, 0.1) is 0 Å². The minimum absolute atomic E-state index is 0.0661. The molecule has 2 aromatic carbocycles. The molecule has 2 rings (SSSR count). The van der Waals surface area contributed by atoms with Gasteiger partial charge in [0, 0.05) is 12.2 Å². The van der Waals surface area contributed by atoms with E-state index in [1.165, 1.54) is 5.56 Å². The molecule has 5 heteroatoms. The maximum atomic E-state index is 12.1. The number of amides is 1. The van der Waals surface area contributed by atoms with Gasteiger partial charge in [-0.1, -0.05) is 30.3 Å². The second kappa shape index (κ2) is 8.65. The van der Waals surface area contributed by atoms with Crippen LogP contribution in [0.25, 0.3) is 0 Å². The molecule has 5 nitrogen and oxygen atoms in total. The zero-order chi connectivity index (χ0) is 18.3. The summed E-state index contributed by atoms with van der Waals surface area (Å²) in [4.78, 5) is 14.1. The molecule has 2 aromatic rings. The van der Waals surface area contributed by atoms with Crippen LogP contribution in [0.5, 0.6) is 5.75 Å². The Morgan fingerprint density at radius 3 is 2.36 bits per heavy atom. The Labute approximate surface area is 149 Å². The van der Waals surface area contributed by atoms with E-state index in [0.29, 0.717) is 18.0 Å². The van der Waals surface area contributed by atoms with Crippen molar-refractivity contribution in [3.63, 3.8) is 0 Å². The van der Waals surface area contributed by atoms with Gasteiger partial charge < -0.3 is 15.2 Å². The van der Waals surface area contributed by atoms with E-state index in [1.807, 2.05) is 42.3 Å². The lowest BCUT2D eigenvalue weighted by Crippen LogP contribution is -2.29. The maximum absolute atomic E-state index is 12.1. The number of benzene rings is 2. The summed E-state index contributed by atoms with van der Waals surface area (Å²) in [5.41, 5.74) is 1.01. The first-order chi connectivity index (χ1) is 11.8. The van der Waals surface area contributed by atoms with Crippen molar-refractivity contribution in [3.8, 4) is 5.75 Å². The smallest absolute Gasteiger partial charge is 0.238 e. The number of carbonyl (C=O) groups is 1. The average Bonchev–Trinajstić information content (AvgIpc) is 2.54. The number of ether oxygens (including phenoxy) is 1. The number of hydrogen-bond donors (Lipinski definition) is 2. The van der Waals surface area contributed by atoms with Crippen LogP contribution in [0.2, 0.25) is 0 Å². The number of anilines is 1. The number of hydrogen-bond acceptors (Lipinski definition) is 4. The highest BCUT2D eigenvalue weighted by Crippen LogP contribution is 2.17. The van der Waals surface area contributed by atoms with Gasteiger partial charge in [-0.2, -0.15) is 0 Å². The van der Waals surface area contributed by atoms with E-state index in [1.54, 1.807) is 38.1 Å². The first kappa shape index (κ1) is 19.0. The van der Waals surface area contributed by atoms with E-state index in [0.717, 1.165) is 6.54 Å². The van der Waals surface area contributed by atoms with Gasteiger partial charge in [0.15, 0.2) is 0 Å². The first-order valence-electron chi connectivity index (χ1n) is 8.29. The van der Waals surface area contributed by atoms with Gasteiger partial charge in [-0.15, -0.1) is 0 Å². The summed E-state index contributed by atoms with van der Waals surface area (Å²) in [5, 5.41) is 12.5. The Morgan fingerprint density at radius 2 is 1.76 bits per heavy atom. The summed E-state index contributed by atoms with van der Waals surface area (Å²) < 4.78 is 5.49. The summed E-state index contributed by atoms with van der Waals surface area (Å²) in [7, 11) is 1.92. The van der Waals surface area contributed by atoms with Gasteiger partial charge in [-0.3, -0.25) is 9.69 Å². The van der Waals surface area contributed by atoms with Gasteiger partial charge >= 0.3 is 0 Å². The Hall–Kier alpha value is -2.37. The maximum Gasteiger partial charge on any atom is 0.238 e. The topological polar surface area (TPSA) is 61.8 Å². The molecule has 0 aliphatic carbocycles. The molecular weight excluding hydrogens is 316 g/mol. The number of carbonyl (C=O) groups excluding carboxylic acids is 1. The molecule has 0 aliphatic heterocycles. The third-order valence-corrected chi connectivity index (χ3v) is 3.44. The zero-order valence-corrected chi connectivity index (χ0v) is 15.0. The summed E-state index contributed by atoms with van der Waals surface area (Å²) in [6, 6.07) is 17.2. The number of likely N-dealkylation sites (N-methyl/N-ethyl adjacent to an activating group) is 1. The number of nitrogens with zero attached hydrogens (tertiary/aromatic N) is 1. The van der Waals surface area contributed by atoms with Crippen molar-refractivity contribution >= 4 is 11.6 Å². The fourth-order valence-corrected chi connectivity index (χ4v) is 2.29. The van der Waals surface area contributed by atoms with Crippen LogP contribution >= 0.6 is 0 Å². The van der Waals surface area contributed by atoms with E-state index in [-0.39, 0.29) is 12.5 Å². The molecule has 0 atom stereocenters. The molecule has 0 aliphatic rings. The molecule has 1 amide bonds. The van der Waals surface area contributed by atoms with Crippen LogP contribution in [-0.4, -0.2) is 41.7 Å². The summed E-state index contributed by atoms with van der Waals surface area (Å²) in [5.74, 6) is 0.588. The van der Waals surface area contributed by atoms with Crippen molar-refractivity contribution in [1.82, 2.24) is 4.90 Å². The summed E-state index contributed by atoms with van der Waals surface area (Å²) in [6.07, 6.45) is 0. The van der Waals surface area contributed by atoms with Gasteiger partial charge in [0.1, 0.15) is 12.4 Å². The highest BCUT2D eigenvalue weighted by molar-refractivity contribution is 5.92. The lowest BCUT2D eigenvalue weighted by Gasteiger charge is -2.18. The van der Waals surface area contributed by atoms with E-state index < -0.39 is 5.60 Å². The summed E-state index contributed by atoms with van der Waals surface area (Å²) in [6.45, 7) is 4.62. The highest BCUT2D eigenvalue weighted by Gasteiger charge is 2.13. The van der Waals surface area contributed by atoms with E-state index >= 15 is 0 Å². The van der Waals surface area contributed by atoms with Gasteiger partial charge in [-0.25, -0.2) is 0 Å². The molecular formula is C20H26N2O3. The predicted octanol–water partition coefficient (Wildman–Crippen LogP) is 2.91. The van der Waals surface area contributed by atoms with Crippen molar-refractivity contribution in [2.45, 2.75) is 26.0 Å². The number of aliphatic hydroxyl groups is 1. The van der Waals surface area contributed by atoms with Crippen molar-refractivity contribution in [2.75, 3.05) is 25.5 Å². The normalized spacial score (nSPS) is 11.4. The Balaban J connectivity index is 1.80. The van der Waals surface area contributed by atoms with Crippen molar-refractivity contribution in [3.05, 3.63) is 60.2 Å². The second-order valence-electron chi connectivity index (χ2n) is 6.83. The molecule has 0 radical (unpaired) electrons. The van der Waals surface area contributed by atoms with E-state index in [2.05, 4.69) is 5.32 Å². The van der Waals surface area contributed by atoms with E-state index in [4.69, 9.17) is 4.74 Å². The molecule has 0 aromatic heterocycles. The number of nitrogens with one attached hydrogen (secondary N) is 1. The molecule has 0 bridgehead atoms. The standard InChI is InChI=1S/C20H26N2O3/c1-20(2,24)15-25-18-11-9-17(10-12-18)21-19(23)14-22(3)13-16-7-5-4-6-8-16/h4-12,24H,13-15H2,1-3H3,(H,21,23). The summed E-state index contributed by atoms with van der Waals surface area (Å²) >= 11 is 0. The van der Waals surface area contributed by atoms with Gasteiger partial charge in [0.25, 0.3) is 0 Å².